The van der Waals surface area contributed by atoms with E-state index in [1.807, 2.05) is 6.92 Å². The first-order valence-corrected chi connectivity index (χ1v) is 8.73. The fourth-order valence-corrected chi connectivity index (χ4v) is 3.36. The molecule has 0 aliphatic rings. The van der Waals surface area contributed by atoms with Crippen molar-refractivity contribution in [3.8, 4) is 0 Å². The van der Waals surface area contributed by atoms with E-state index in [0.717, 1.165) is 24.2 Å². The monoisotopic (exact) mass is 310 g/mol. The molecule has 0 spiro atoms. The standard InChI is InChI=1S/C11H15ClO4S2/c1-3-4-8(2)6-16-11(13)9-5-10(17-7-9)18(12,14)15/h5,7-8H,3-4,6H2,1-2H3. The maximum atomic E-state index is 11.6. The zero-order chi connectivity index (χ0) is 13.8. The zero-order valence-electron chi connectivity index (χ0n) is 10.2. The van der Waals surface area contributed by atoms with Crippen molar-refractivity contribution < 1.29 is 17.9 Å². The van der Waals surface area contributed by atoms with Crippen LogP contribution in [0.25, 0.3) is 0 Å². The number of carbonyl (C=O) groups excluding carboxylic acids is 1. The molecular formula is C11H15ClO4S2. The van der Waals surface area contributed by atoms with E-state index in [2.05, 4.69) is 6.92 Å². The maximum Gasteiger partial charge on any atom is 0.339 e. The highest BCUT2D eigenvalue weighted by molar-refractivity contribution is 8.15. The molecular weight excluding hydrogens is 296 g/mol. The summed E-state index contributed by atoms with van der Waals surface area (Å²) in [6.07, 6.45) is 2.02. The van der Waals surface area contributed by atoms with E-state index in [-0.39, 0.29) is 9.77 Å². The third-order valence-electron chi connectivity index (χ3n) is 2.33. The lowest BCUT2D eigenvalue weighted by atomic mass is 10.1. The van der Waals surface area contributed by atoms with E-state index in [1.165, 1.54) is 11.4 Å². The average Bonchev–Trinajstić information content (AvgIpc) is 2.75. The highest BCUT2D eigenvalue weighted by Gasteiger charge is 2.17. The molecule has 1 heterocycles. The number of ether oxygens (including phenoxy) is 1. The van der Waals surface area contributed by atoms with E-state index in [0.29, 0.717) is 12.5 Å². The second kappa shape index (κ2) is 6.54. The average molecular weight is 311 g/mol. The van der Waals surface area contributed by atoms with Gasteiger partial charge in [0, 0.05) is 16.1 Å². The fourth-order valence-electron chi connectivity index (χ4n) is 1.43. The lowest BCUT2D eigenvalue weighted by Gasteiger charge is -2.09. The van der Waals surface area contributed by atoms with Crippen molar-refractivity contribution in [1.82, 2.24) is 0 Å². The normalized spacial score (nSPS) is 13.3. The minimum absolute atomic E-state index is 0.0438. The molecule has 102 valence electrons. The van der Waals surface area contributed by atoms with Gasteiger partial charge in [-0.3, -0.25) is 0 Å². The van der Waals surface area contributed by atoms with E-state index in [4.69, 9.17) is 15.4 Å². The Morgan fingerprint density at radius 3 is 2.72 bits per heavy atom. The molecule has 1 atom stereocenters. The van der Waals surface area contributed by atoms with Crippen LogP contribution in [0.15, 0.2) is 15.7 Å². The van der Waals surface area contributed by atoms with Gasteiger partial charge in [-0.05, 0) is 18.4 Å². The first-order chi connectivity index (χ1) is 8.34. The third kappa shape index (κ3) is 4.59. The van der Waals surface area contributed by atoms with Crippen molar-refractivity contribution in [3.63, 3.8) is 0 Å². The minimum atomic E-state index is -3.77. The van der Waals surface area contributed by atoms with Crippen LogP contribution in [0.2, 0.25) is 0 Å². The van der Waals surface area contributed by atoms with Gasteiger partial charge in [0.1, 0.15) is 4.21 Å². The molecule has 0 bridgehead atoms. The van der Waals surface area contributed by atoms with Gasteiger partial charge in [-0.2, -0.15) is 0 Å². The van der Waals surface area contributed by atoms with E-state index in [1.54, 1.807) is 0 Å². The van der Waals surface area contributed by atoms with Gasteiger partial charge in [-0.15, -0.1) is 11.3 Å². The van der Waals surface area contributed by atoms with Crippen LogP contribution in [-0.2, 0) is 13.8 Å². The second-order valence-corrected chi connectivity index (χ2v) is 7.79. The number of hydrogen-bond donors (Lipinski definition) is 0. The highest BCUT2D eigenvalue weighted by atomic mass is 35.7. The van der Waals surface area contributed by atoms with E-state index < -0.39 is 15.0 Å². The van der Waals surface area contributed by atoms with Gasteiger partial charge in [-0.1, -0.05) is 20.3 Å². The number of carbonyl (C=O) groups is 1. The third-order valence-corrected chi connectivity index (χ3v) is 5.37. The Morgan fingerprint density at radius 2 is 2.22 bits per heavy atom. The largest absolute Gasteiger partial charge is 0.462 e. The molecule has 0 amide bonds. The first-order valence-electron chi connectivity index (χ1n) is 5.55. The highest BCUT2D eigenvalue weighted by Crippen LogP contribution is 2.24. The lowest BCUT2D eigenvalue weighted by molar-refractivity contribution is 0.0444. The summed E-state index contributed by atoms with van der Waals surface area (Å²) in [4.78, 5) is 11.6. The van der Waals surface area contributed by atoms with Gasteiger partial charge < -0.3 is 4.74 Å². The van der Waals surface area contributed by atoms with Crippen molar-refractivity contribution >= 4 is 37.0 Å². The van der Waals surface area contributed by atoms with Crippen molar-refractivity contribution in [2.45, 2.75) is 30.9 Å². The maximum absolute atomic E-state index is 11.6. The van der Waals surface area contributed by atoms with Gasteiger partial charge in [0.15, 0.2) is 0 Å². The number of esters is 1. The van der Waals surface area contributed by atoms with Gasteiger partial charge >= 0.3 is 5.97 Å². The van der Waals surface area contributed by atoms with E-state index >= 15 is 0 Å². The molecule has 0 radical (unpaired) electrons. The van der Waals surface area contributed by atoms with Crippen molar-refractivity contribution in [2.75, 3.05) is 6.61 Å². The minimum Gasteiger partial charge on any atom is -0.462 e. The summed E-state index contributed by atoms with van der Waals surface area (Å²) >= 11 is 0.909. The van der Waals surface area contributed by atoms with Gasteiger partial charge in [-0.25, -0.2) is 13.2 Å². The topological polar surface area (TPSA) is 60.4 Å². The zero-order valence-corrected chi connectivity index (χ0v) is 12.6. The number of hydrogen-bond acceptors (Lipinski definition) is 5. The van der Waals surface area contributed by atoms with Crippen LogP contribution >= 0.6 is 22.0 Å². The molecule has 0 N–H and O–H groups in total. The number of halogens is 1. The molecule has 4 nitrogen and oxygen atoms in total. The summed E-state index contributed by atoms with van der Waals surface area (Å²) < 4.78 is 27.1. The molecule has 0 aromatic carbocycles. The van der Waals surface area contributed by atoms with Crippen LogP contribution in [0.5, 0.6) is 0 Å². The first kappa shape index (κ1) is 15.5. The van der Waals surface area contributed by atoms with Crippen LogP contribution in [0.3, 0.4) is 0 Å². The Hall–Kier alpha value is -0.590. The van der Waals surface area contributed by atoms with Crippen molar-refractivity contribution in [1.29, 1.82) is 0 Å². The van der Waals surface area contributed by atoms with Gasteiger partial charge in [0.05, 0.1) is 12.2 Å². The number of rotatable bonds is 6. The SMILES string of the molecule is CCCC(C)COC(=O)c1csc(S(=O)(=O)Cl)c1. The molecule has 1 unspecified atom stereocenters. The quantitative estimate of drug-likeness (QED) is 0.597. The summed E-state index contributed by atoms with van der Waals surface area (Å²) in [7, 11) is 1.40. The Bertz CT molecular complexity index is 507. The summed E-state index contributed by atoms with van der Waals surface area (Å²) in [5.74, 6) is -0.213. The van der Waals surface area contributed by atoms with Crippen molar-refractivity contribution in [2.24, 2.45) is 5.92 Å². The summed E-state index contributed by atoms with van der Waals surface area (Å²) in [5, 5.41) is 1.43. The predicted molar refractivity (Wildman–Crippen MR) is 71.7 cm³/mol. The smallest absolute Gasteiger partial charge is 0.339 e. The number of thiophene rings is 1. The molecule has 0 saturated heterocycles. The molecule has 7 heteroatoms. The summed E-state index contributed by atoms with van der Waals surface area (Å²) in [5.41, 5.74) is 0.225. The Balaban J connectivity index is 2.60. The second-order valence-electron chi connectivity index (χ2n) is 4.08. The molecule has 1 rings (SSSR count). The molecule has 0 fully saturated rings. The molecule has 1 aromatic rings. The van der Waals surface area contributed by atoms with Crippen LogP contribution in [-0.4, -0.2) is 21.0 Å². The predicted octanol–water partition coefficient (Wildman–Crippen LogP) is 3.27. The van der Waals surface area contributed by atoms with Gasteiger partial charge in [0.2, 0.25) is 0 Å². The van der Waals surface area contributed by atoms with Gasteiger partial charge in [0.25, 0.3) is 9.05 Å². The van der Waals surface area contributed by atoms with Crippen LogP contribution in [0, 0.1) is 5.92 Å². The Labute approximate surface area is 115 Å². The summed E-state index contributed by atoms with van der Waals surface area (Å²) in [6, 6.07) is 1.24. The molecule has 1 aromatic heterocycles. The molecule has 18 heavy (non-hydrogen) atoms. The fraction of sp³-hybridized carbons (Fsp3) is 0.545. The molecule has 0 aliphatic heterocycles. The lowest BCUT2D eigenvalue weighted by Crippen LogP contribution is -2.11. The van der Waals surface area contributed by atoms with Crippen LogP contribution in [0.1, 0.15) is 37.0 Å². The Morgan fingerprint density at radius 1 is 1.56 bits per heavy atom. The van der Waals surface area contributed by atoms with Crippen molar-refractivity contribution in [3.05, 3.63) is 17.0 Å². The van der Waals surface area contributed by atoms with E-state index in [9.17, 15) is 13.2 Å². The Kier molecular flexibility index (Phi) is 5.62. The molecule has 0 aliphatic carbocycles. The van der Waals surface area contributed by atoms with Crippen LogP contribution < -0.4 is 0 Å². The summed E-state index contributed by atoms with van der Waals surface area (Å²) in [6.45, 7) is 4.40. The van der Waals surface area contributed by atoms with Crippen LogP contribution in [0.4, 0.5) is 0 Å². The molecule has 0 saturated carbocycles.